The van der Waals surface area contributed by atoms with Gasteiger partial charge in [0.15, 0.2) is 0 Å². The van der Waals surface area contributed by atoms with Crippen LogP contribution in [0.1, 0.15) is 34.3 Å². The summed E-state index contributed by atoms with van der Waals surface area (Å²) >= 11 is 0. The summed E-state index contributed by atoms with van der Waals surface area (Å²) in [7, 11) is 0. The minimum atomic E-state index is -4.77. The smallest absolute Gasteiger partial charge is 0.391 e. The van der Waals surface area contributed by atoms with Crippen LogP contribution < -0.4 is 5.32 Å². The molecule has 180 valence electrons. The highest BCUT2D eigenvalue weighted by molar-refractivity contribution is 5.97. The number of rotatable bonds is 7. The Kier molecular flexibility index (Phi) is 7.23. The van der Waals surface area contributed by atoms with Gasteiger partial charge in [0.1, 0.15) is 6.61 Å². The largest absolute Gasteiger partial charge is 0.471 e. The summed E-state index contributed by atoms with van der Waals surface area (Å²) in [5, 5.41) is 9.50. The molecule has 0 saturated heterocycles. The molecule has 1 heterocycles. The molecule has 0 bridgehead atoms. The molecular formula is C21H16F6N4O3. The lowest BCUT2D eigenvalue weighted by molar-refractivity contribution is -0.159. The first kappa shape index (κ1) is 24.7. The SMILES string of the molecule is C/C(CNC(=O)c1ccc(-c2noc(C(F)(F)F)n2)cc1)=N\OCc1ccccc1C(F)(F)F. The molecule has 0 unspecified atom stereocenters. The van der Waals surface area contributed by atoms with Gasteiger partial charge in [0.25, 0.3) is 5.91 Å². The lowest BCUT2D eigenvalue weighted by atomic mass is 10.1. The molecule has 1 aromatic heterocycles. The summed E-state index contributed by atoms with van der Waals surface area (Å²) in [5.74, 6) is -2.29. The predicted octanol–water partition coefficient (Wildman–Crippen LogP) is 5.10. The second kappa shape index (κ2) is 9.93. The lowest BCUT2D eigenvalue weighted by Gasteiger charge is -2.11. The first-order valence-corrected chi connectivity index (χ1v) is 9.55. The maximum atomic E-state index is 13.0. The van der Waals surface area contributed by atoms with Gasteiger partial charge in [-0.15, -0.1) is 0 Å². The quantitative estimate of drug-likeness (QED) is 0.285. The molecule has 0 fully saturated rings. The van der Waals surface area contributed by atoms with Crippen molar-refractivity contribution in [2.24, 2.45) is 5.16 Å². The van der Waals surface area contributed by atoms with E-state index >= 15 is 0 Å². The third kappa shape index (κ3) is 6.33. The van der Waals surface area contributed by atoms with E-state index in [4.69, 9.17) is 4.84 Å². The van der Waals surface area contributed by atoms with Crippen LogP contribution in [0, 0.1) is 0 Å². The summed E-state index contributed by atoms with van der Waals surface area (Å²) in [5.41, 5.74) is -0.215. The lowest BCUT2D eigenvalue weighted by Crippen LogP contribution is -2.28. The standard InChI is InChI=1S/C21H16F6N4O3/c1-12(30-33-11-15-4-2-3-5-16(15)20(22,23)24)10-28-18(32)14-8-6-13(7-9-14)17-29-19(34-31-17)21(25,26)27/h2-9H,10-11H2,1H3,(H,28,32)/b30-12+. The van der Waals surface area contributed by atoms with E-state index in [-0.39, 0.29) is 29.1 Å². The molecule has 1 amide bonds. The zero-order valence-electron chi connectivity index (χ0n) is 17.4. The maximum absolute atomic E-state index is 13.0. The van der Waals surface area contributed by atoms with Crippen LogP contribution in [-0.2, 0) is 23.8 Å². The van der Waals surface area contributed by atoms with Crippen molar-refractivity contribution < 1.29 is 40.5 Å². The van der Waals surface area contributed by atoms with Crippen molar-refractivity contribution in [2.75, 3.05) is 6.54 Å². The van der Waals surface area contributed by atoms with Crippen molar-refractivity contribution in [3.05, 3.63) is 71.1 Å². The molecule has 0 saturated carbocycles. The molecule has 34 heavy (non-hydrogen) atoms. The van der Waals surface area contributed by atoms with E-state index in [0.29, 0.717) is 5.71 Å². The highest BCUT2D eigenvalue weighted by atomic mass is 19.4. The number of carbonyl (C=O) groups excluding carboxylic acids is 1. The monoisotopic (exact) mass is 486 g/mol. The van der Waals surface area contributed by atoms with E-state index < -0.39 is 36.3 Å². The fourth-order valence-corrected chi connectivity index (χ4v) is 2.70. The van der Waals surface area contributed by atoms with Crippen LogP contribution in [0.5, 0.6) is 0 Å². The molecule has 1 N–H and O–H groups in total. The van der Waals surface area contributed by atoms with E-state index in [9.17, 15) is 31.1 Å². The van der Waals surface area contributed by atoms with Gasteiger partial charge < -0.3 is 14.7 Å². The summed E-state index contributed by atoms with van der Waals surface area (Å²) in [6.45, 7) is 1.05. The Morgan fingerprint density at radius 2 is 1.71 bits per heavy atom. The third-order valence-corrected chi connectivity index (χ3v) is 4.34. The van der Waals surface area contributed by atoms with Crippen molar-refractivity contribution in [2.45, 2.75) is 25.9 Å². The molecule has 7 nitrogen and oxygen atoms in total. The van der Waals surface area contributed by atoms with Crippen LogP contribution in [-0.4, -0.2) is 28.3 Å². The summed E-state index contributed by atoms with van der Waals surface area (Å²) in [6.07, 6.45) is -9.29. The molecule has 2 aromatic carbocycles. The van der Waals surface area contributed by atoms with Gasteiger partial charge >= 0.3 is 18.2 Å². The predicted molar refractivity (Wildman–Crippen MR) is 106 cm³/mol. The first-order valence-electron chi connectivity index (χ1n) is 9.55. The highest BCUT2D eigenvalue weighted by Crippen LogP contribution is 2.32. The number of aromatic nitrogens is 2. The number of nitrogens with one attached hydrogen (secondary N) is 1. The molecular weight excluding hydrogens is 470 g/mol. The van der Waals surface area contributed by atoms with Gasteiger partial charge in [-0.2, -0.15) is 31.3 Å². The Hall–Kier alpha value is -3.90. The summed E-state index contributed by atoms with van der Waals surface area (Å²) in [4.78, 5) is 20.5. The second-order valence-corrected chi connectivity index (χ2v) is 6.94. The van der Waals surface area contributed by atoms with Gasteiger partial charge in [-0.3, -0.25) is 4.79 Å². The molecule has 3 aromatic rings. The fourth-order valence-electron chi connectivity index (χ4n) is 2.70. The fraction of sp³-hybridized carbons (Fsp3) is 0.238. The van der Waals surface area contributed by atoms with Crippen LogP contribution in [0.25, 0.3) is 11.4 Å². The van der Waals surface area contributed by atoms with Gasteiger partial charge in [0.05, 0.1) is 17.8 Å². The topological polar surface area (TPSA) is 89.6 Å². The first-order chi connectivity index (χ1) is 15.9. The minimum Gasteiger partial charge on any atom is -0.391 e. The van der Waals surface area contributed by atoms with Crippen LogP contribution in [0.4, 0.5) is 26.3 Å². The molecule has 0 spiro atoms. The number of amides is 1. The van der Waals surface area contributed by atoms with Crippen molar-refractivity contribution in [1.82, 2.24) is 15.5 Å². The third-order valence-electron chi connectivity index (χ3n) is 4.34. The molecule has 0 aliphatic carbocycles. The number of hydrogen-bond acceptors (Lipinski definition) is 6. The highest BCUT2D eigenvalue weighted by Gasteiger charge is 2.38. The van der Waals surface area contributed by atoms with Crippen LogP contribution >= 0.6 is 0 Å². The van der Waals surface area contributed by atoms with E-state index in [1.807, 2.05) is 0 Å². The van der Waals surface area contributed by atoms with E-state index in [0.717, 1.165) is 6.07 Å². The number of carbonyl (C=O) groups is 1. The molecule has 0 aliphatic rings. The zero-order chi connectivity index (χ0) is 24.9. The molecule has 3 rings (SSSR count). The van der Waals surface area contributed by atoms with Crippen molar-refractivity contribution in [3.63, 3.8) is 0 Å². The second-order valence-electron chi connectivity index (χ2n) is 6.94. The van der Waals surface area contributed by atoms with E-state index in [2.05, 4.69) is 25.1 Å². The Labute approximate surface area is 188 Å². The number of nitrogens with zero attached hydrogens (tertiary/aromatic N) is 3. The van der Waals surface area contributed by atoms with Crippen LogP contribution in [0.3, 0.4) is 0 Å². The molecule has 13 heteroatoms. The molecule has 0 atom stereocenters. The minimum absolute atomic E-state index is 0.0543. The Bertz CT molecular complexity index is 1170. The van der Waals surface area contributed by atoms with Crippen molar-refractivity contribution in [3.8, 4) is 11.4 Å². The average Bonchev–Trinajstić information content (AvgIpc) is 3.28. The Morgan fingerprint density at radius 3 is 2.32 bits per heavy atom. The van der Waals surface area contributed by atoms with E-state index in [1.54, 1.807) is 0 Å². The van der Waals surface area contributed by atoms with Gasteiger partial charge in [0.2, 0.25) is 5.82 Å². The number of alkyl halides is 6. The zero-order valence-corrected chi connectivity index (χ0v) is 17.4. The normalized spacial score (nSPS) is 12.5. The summed E-state index contributed by atoms with van der Waals surface area (Å²) in [6, 6.07) is 10.3. The number of benzene rings is 2. The van der Waals surface area contributed by atoms with Crippen LogP contribution in [0.15, 0.2) is 58.2 Å². The number of hydrogen-bond donors (Lipinski definition) is 1. The van der Waals surface area contributed by atoms with Gasteiger partial charge in [-0.05, 0) is 25.1 Å². The van der Waals surface area contributed by atoms with Crippen molar-refractivity contribution in [1.29, 1.82) is 0 Å². The van der Waals surface area contributed by atoms with Crippen LogP contribution in [0.2, 0.25) is 0 Å². The maximum Gasteiger partial charge on any atom is 0.471 e. The Balaban J connectivity index is 1.53. The van der Waals surface area contributed by atoms with E-state index in [1.165, 1.54) is 49.4 Å². The average molecular weight is 486 g/mol. The Morgan fingerprint density at radius 1 is 1.03 bits per heavy atom. The summed E-state index contributed by atoms with van der Waals surface area (Å²) < 4.78 is 80.8. The van der Waals surface area contributed by atoms with Gasteiger partial charge in [0, 0.05) is 16.7 Å². The van der Waals surface area contributed by atoms with Crippen molar-refractivity contribution >= 4 is 11.6 Å². The number of oxime groups is 1. The number of halogens is 6. The molecule has 0 radical (unpaired) electrons. The van der Waals surface area contributed by atoms with Gasteiger partial charge in [-0.25, -0.2) is 0 Å². The van der Waals surface area contributed by atoms with Gasteiger partial charge in [-0.1, -0.05) is 40.6 Å². The molecule has 0 aliphatic heterocycles.